The third-order valence-corrected chi connectivity index (χ3v) is 3.22. The number of hydrogen-bond acceptors (Lipinski definition) is 4. The lowest BCUT2D eigenvalue weighted by atomic mass is 10.1. The molecule has 0 saturated carbocycles. The van der Waals surface area contributed by atoms with Gasteiger partial charge in [-0.15, -0.1) is 10.2 Å². The van der Waals surface area contributed by atoms with Crippen LogP contribution in [0.2, 0.25) is 0 Å². The number of aliphatic hydroxyl groups is 1. The van der Waals surface area contributed by atoms with Gasteiger partial charge in [-0.2, -0.15) is 13.2 Å². The van der Waals surface area contributed by atoms with E-state index in [9.17, 15) is 23.1 Å². The summed E-state index contributed by atoms with van der Waals surface area (Å²) in [6, 6.07) is 3.67. The quantitative estimate of drug-likeness (QED) is 0.812. The van der Waals surface area contributed by atoms with E-state index in [-0.39, 0.29) is 6.61 Å². The Morgan fingerprint density at radius 1 is 1.38 bits per heavy atom. The Labute approximate surface area is 135 Å². The Hall–Kier alpha value is -2.68. The molecule has 0 bridgehead atoms. The fourth-order valence-corrected chi connectivity index (χ4v) is 1.97. The van der Waals surface area contributed by atoms with Crippen LogP contribution in [0, 0.1) is 0 Å². The fraction of sp³-hybridized carbons (Fsp3) is 0.267. The van der Waals surface area contributed by atoms with Crippen LogP contribution in [0.5, 0.6) is 0 Å². The number of aromatic nitrogens is 3. The predicted octanol–water partition coefficient (Wildman–Crippen LogP) is 1.70. The van der Waals surface area contributed by atoms with Gasteiger partial charge in [0.1, 0.15) is 12.4 Å². The van der Waals surface area contributed by atoms with Crippen molar-refractivity contribution in [2.75, 3.05) is 6.61 Å². The van der Waals surface area contributed by atoms with Gasteiger partial charge in [-0.25, -0.2) is 0 Å². The number of rotatable bonds is 5. The van der Waals surface area contributed by atoms with Crippen molar-refractivity contribution in [2.24, 2.45) is 7.05 Å². The van der Waals surface area contributed by atoms with Gasteiger partial charge in [0.25, 0.3) is 0 Å². The van der Waals surface area contributed by atoms with Crippen molar-refractivity contribution in [3.05, 3.63) is 53.6 Å². The summed E-state index contributed by atoms with van der Waals surface area (Å²) in [6.45, 7) is -0.369. The molecular formula is C15H15F3N4O2. The molecule has 2 N–H and O–H groups in total. The first-order chi connectivity index (χ1) is 11.3. The zero-order valence-electron chi connectivity index (χ0n) is 12.7. The molecule has 0 aliphatic heterocycles. The maximum absolute atomic E-state index is 12.5. The summed E-state index contributed by atoms with van der Waals surface area (Å²) in [7, 11) is 1.67. The first kappa shape index (κ1) is 17.7. The van der Waals surface area contributed by atoms with Gasteiger partial charge in [-0.1, -0.05) is 12.1 Å². The molecule has 0 spiro atoms. The first-order valence-corrected chi connectivity index (χ1v) is 6.92. The Balaban J connectivity index is 2.01. The normalized spacial score (nSPS) is 13.2. The van der Waals surface area contributed by atoms with Crippen molar-refractivity contribution >= 4 is 12.0 Å². The van der Waals surface area contributed by atoms with Gasteiger partial charge < -0.3 is 15.0 Å². The van der Waals surface area contributed by atoms with Gasteiger partial charge in [-0.05, 0) is 23.8 Å². The number of aryl methyl sites for hydroxylation is 1. The summed E-state index contributed by atoms with van der Waals surface area (Å²) in [5, 5.41) is 19.3. The summed E-state index contributed by atoms with van der Waals surface area (Å²) < 4.78 is 38.9. The highest BCUT2D eigenvalue weighted by Gasteiger charge is 2.29. The van der Waals surface area contributed by atoms with Gasteiger partial charge >= 0.3 is 6.18 Å². The summed E-state index contributed by atoms with van der Waals surface area (Å²) in [5.74, 6) is -0.134. The third-order valence-electron chi connectivity index (χ3n) is 3.22. The van der Waals surface area contributed by atoms with E-state index in [1.807, 2.05) is 0 Å². The minimum absolute atomic E-state index is 0.369. The van der Waals surface area contributed by atoms with E-state index >= 15 is 0 Å². The van der Waals surface area contributed by atoms with Crippen LogP contribution in [0.3, 0.4) is 0 Å². The topological polar surface area (TPSA) is 80.0 Å². The van der Waals surface area contributed by atoms with Crippen LogP contribution in [-0.4, -0.2) is 32.4 Å². The summed E-state index contributed by atoms with van der Waals surface area (Å²) in [4.78, 5) is 11.9. The van der Waals surface area contributed by atoms with Crippen molar-refractivity contribution in [1.82, 2.24) is 20.1 Å². The Morgan fingerprint density at radius 2 is 2.04 bits per heavy atom. The second kappa shape index (κ2) is 7.26. The summed E-state index contributed by atoms with van der Waals surface area (Å²) >= 11 is 0. The third kappa shape index (κ3) is 4.42. The Morgan fingerprint density at radius 3 is 2.54 bits per heavy atom. The molecule has 2 rings (SSSR count). The zero-order chi connectivity index (χ0) is 17.7. The van der Waals surface area contributed by atoms with E-state index < -0.39 is 23.7 Å². The molecule has 24 heavy (non-hydrogen) atoms. The minimum Gasteiger partial charge on any atom is -0.394 e. The van der Waals surface area contributed by atoms with E-state index in [1.165, 1.54) is 30.6 Å². The van der Waals surface area contributed by atoms with E-state index in [1.54, 1.807) is 11.6 Å². The highest BCUT2D eigenvalue weighted by atomic mass is 19.4. The number of halogens is 3. The average molecular weight is 340 g/mol. The molecule has 0 radical (unpaired) electrons. The van der Waals surface area contributed by atoms with Gasteiger partial charge in [0.05, 0.1) is 12.2 Å². The molecule has 2 aromatic rings. The molecule has 0 saturated heterocycles. The fourth-order valence-electron chi connectivity index (χ4n) is 1.97. The number of carbonyl (C=O) groups is 1. The molecule has 1 heterocycles. The van der Waals surface area contributed by atoms with Crippen molar-refractivity contribution in [1.29, 1.82) is 0 Å². The monoisotopic (exact) mass is 340 g/mol. The molecule has 1 unspecified atom stereocenters. The highest BCUT2D eigenvalue weighted by Crippen LogP contribution is 2.29. The number of alkyl halides is 3. The Bertz CT molecular complexity index is 723. The van der Waals surface area contributed by atoms with Crippen LogP contribution in [0.15, 0.2) is 36.7 Å². The van der Waals surface area contributed by atoms with Crippen LogP contribution < -0.4 is 5.32 Å². The lowest BCUT2D eigenvalue weighted by Crippen LogP contribution is -2.31. The smallest absolute Gasteiger partial charge is 0.394 e. The number of amides is 1. The molecule has 9 heteroatoms. The van der Waals surface area contributed by atoms with Crippen LogP contribution in [-0.2, 0) is 18.0 Å². The SMILES string of the molecule is Cn1cnnc1C(CO)NC(=O)C=Cc1ccc(C(F)(F)F)cc1. The van der Waals surface area contributed by atoms with Gasteiger partial charge in [-0.3, -0.25) is 4.79 Å². The molecule has 1 atom stereocenters. The minimum atomic E-state index is -4.40. The number of nitrogens with one attached hydrogen (secondary N) is 1. The number of carbonyl (C=O) groups excluding carboxylic acids is 1. The van der Waals surface area contributed by atoms with Crippen LogP contribution in [0.25, 0.3) is 6.08 Å². The van der Waals surface area contributed by atoms with E-state index in [0.717, 1.165) is 12.1 Å². The highest BCUT2D eigenvalue weighted by molar-refractivity contribution is 5.91. The van der Waals surface area contributed by atoms with Crippen LogP contribution in [0.4, 0.5) is 13.2 Å². The molecule has 1 aromatic carbocycles. The Kier molecular flexibility index (Phi) is 5.35. The first-order valence-electron chi connectivity index (χ1n) is 6.92. The van der Waals surface area contributed by atoms with Crippen LogP contribution >= 0.6 is 0 Å². The summed E-state index contributed by atoms with van der Waals surface area (Å²) in [5.41, 5.74) is -0.316. The maximum Gasteiger partial charge on any atom is 0.416 e. The van der Waals surface area contributed by atoms with Gasteiger partial charge in [0, 0.05) is 13.1 Å². The zero-order valence-corrected chi connectivity index (χ0v) is 12.7. The lowest BCUT2D eigenvalue weighted by molar-refractivity contribution is -0.137. The lowest BCUT2D eigenvalue weighted by Gasteiger charge is -2.13. The van der Waals surface area contributed by atoms with Gasteiger partial charge in [0.15, 0.2) is 5.82 Å². The van der Waals surface area contributed by atoms with Crippen molar-refractivity contribution < 1.29 is 23.1 Å². The second-order valence-electron chi connectivity index (χ2n) is 5.00. The van der Waals surface area contributed by atoms with Crippen molar-refractivity contribution in [2.45, 2.75) is 12.2 Å². The number of hydrogen-bond donors (Lipinski definition) is 2. The molecule has 1 amide bonds. The molecule has 0 aliphatic rings. The number of aliphatic hydroxyl groups excluding tert-OH is 1. The van der Waals surface area contributed by atoms with E-state index in [2.05, 4.69) is 15.5 Å². The molecular weight excluding hydrogens is 325 g/mol. The molecule has 1 aromatic heterocycles. The van der Waals surface area contributed by atoms with Crippen molar-refractivity contribution in [3.63, 3.8) is 0 Å². The van der Waals surface area contributed by atoms with Gasteiger partial charge in [0.2, 0.25) is 5.91 Å². The number of benzene rings is 1. The largest absolute Gasteiger partial charge is 0.416 e. The van der Waals surface area contributed by atoms with E-state index in [4.69, 9.17) is 0 Å². The molecule has 0 fully saturated rings. The standard InChI is InChI=1S/C15H15F3N4O2/c1-22-9-19-21-14(22)12(8-23)20-13(24)7-4-10-2-5-11(6-3-10)15(16,17)18/h2-7,9,12,23H,8H2,1H3,(H,20,24). The van der Waals surface area contributed by atoms with Crippen LogP contribution in [0.1, 0.15) is 23.0 Å². The molecule has 0 aliphatic carbocycles. The summed E-state index contributed by atoms with van der Waals surface area (Å²) in [6.07, 6.45) is -0.422. The molecule has 6 nitrogen and oxygen atoms in total. The average Bonchev–Trinajstić information content (AvgIpc) is 2.96. The van der Waals surface area contributed by atoms with E-state index in [0.29, 0.717) is 11.4 Å². The maximum atomic E-state index is 12.5. The second-order valence-corrected chi connectivity index (χ2v) is 5.00. The number of nitrogens with zero attached hydrogens (tertiary/aromatic N) is 3. The predicted molar refractivity (Wildman–Crippen MR) is 79.5 cm³/mol. The van der Waals surface area contributed by atoms with Crippen molar-refractivity contribution in [3.8, 4) is 0 Å². The molecule has 128 valence electrons.